The Morgan fingerprint density at radius 3 is 2.64 bits per heavy atom. The fraction of sp³-hybridized carbons (Fsp3) is 0.294. The van der Waals surface area contributed by atoms with E-state index in [4.69, 9.17) is 23.2 Å². The lowest BCUT2D eigenvalue weighted by atomic mass is 10.2. The maximum atomic E-state index is 9.26. The van der Waals surface area contributed by atoms with Crippen LogP contribution in [0.4, 0.5) is 0 Å². The third-order valence-corrected chi connectivity index (χ3v) is 4.41. The first-order valence-electron chi connectivity index (χ1n) is 7.94. The normalized spacial score (nSPS) is 10.8. The van der Waals surface area contributed by atoms with Crippen molar-refractivity contribution in [2.24, 2.45) is 0 Å². The first kappa shape index (κ1) is 17.5. The number of imidazole rings is 1. The summed E-state index contributed by atoms with van der Waals surface area (Å²) >= 11 is 12.4. The van der Waals surface area contributed by atoms with E-state index in [0.29, 0.717) is 28.1 Å². The number of unbranched alkanes of at least 4 members (excludes halogenated alkanes) is 1. The second kappa shape index (κ2) is 7.68. The van der Waals surface area contributed by atoms with Gasteiger partial charge in [0.1, 0.15) is 17.6 Å². The maximum absolute atomic E-state index is 9.26. The largest absolute Gasteiger partial charge is 0.321 e. The highest BCUT2D eigenvalue weighted by molar-refractivity contribution is 6.32. The van der Waals surface area contributed by atoms with Crippen LogP contribution >= 0.6 is 23.2 Å². The number of benzene rings is 1. The first-order valence-corrected chi connectivity index (χ1v) is 8.70. The minimum absolute atomic E-state index is 0.196. The lowest BCUT2D eigenvalue weighted by Crippen LogP contribution is -2.08. The number of nitrogens with zero attached hydrogens (tertiary/aromatic N) is 5. The third kappa shape index (κ3) is 3.68. The number of nitrogens with one attached hydrogen (secondary N) is 1. The van der Waals surface area contributed by atoms with E-state index in [2.05, 4.69) is 27.3 Å². The second-order valence-corrected chi connectivity index (χ2v) is 6.41. The summed E-state index contributed by atoms with van der Waals surface area (Å²) in [6, 6.07) is 9.63. The molecule has 8 heteroatoms. The van der Waals surface area contributed by atoms with Crippen molar-refractivity contribution >= 4 is 23.2 Å². The summed E-state index contributed by atoms with van der Waals surface area (Å²) in [4.78, 5) is 4.50. The molecular weight excluding hydrogens is 359 g/mol. The predicted octanol–water partition coefficient (Wildman–Crippen LogP) is 4.24. The Hall–Kier alpha value is -2.36. The van der Waals surface area contributed by atoms with Gasteiger partial charge in [-0.2, -0.15) is 15.6 Å². The molecule has 3 aromatic rings. The summed E-state index contributed by atoms with van der Waals surface area (Å²) in [6.45, 7) is 2.68. The highest BCUT2D eigenvalue weighted by Gasteiger charge is 2.22. The monoisotopic (exact) mass is 374 g/mol. The molecule has 0 saturated heterocycles. The predicted molar refractivity (Wildman–Crippen MR) is 96.5 cm³/mol. The van der Waals surface area contributed by atoms with Crippen LogP contribution in [-0.4, -0.2) is 25.0 Å². The summed E-state index contributed by atoms with van der Waals surface area (Å²) in [6.07, 6.45) is 2.84. The van der Waals surface area contributed by atoms with Gasteiger partial charge < -0.3 is 4.57 Å². The molecule has 0 aliphatic heterocycles. The molecule has 2 aromatic heterocycles. The average molecular weight is 375 g/mol. The van der Waals surface area contributed by atoms with Gasteiger partial charge in [0.05, 0.1) is 0 Å². The Morgan fingerprint density at radius 1 is 1.20 bits per heavy atom. The maximum Gasteiger partial charge on any atom is 0.192 e. The number of halogens is 2. The fourth-order valence-corrected chi connectivity index (χ4v) is 3.05. The van der Waals surface area contributed by atoms with Gasteiger partial charge in [-0.05, 0) is 24.1 Å². The van der Waals surface area contributed by atoms with Crippen molar-refractivity contribution in [3.63, 3.8) is 0 Å². The zero-order chi connectivity index (χ0) is 17.8. The Bertz CT molecular complexity index is 904. The van der Waals surface area contributed by atoms with Crippen molar-refractivity contribution < 1.29 is 0 Å². The van der Waals surface area contributed by atoms with Crippen molar-refractivity contribution in [1.29, 1.82) is 5.26 Å². The lowest BCUT2D eigenvalue weighted by Gasteiger charge is -2.11. The Morgan fingerprint density at radius 2 is 1.96 bits per heavy atom. The number of rotatable bonds is 6. The molecule has 0 bridgehead atoms. The van der Waals surface area contributed by atoms with Crippen LogP contribution in [0, 0.1) is 11.3 Å². The molecule has 0 saturated carbocycles. The van der Waals surface area contributed by atoms with Crippen molar-refractivity contribution in [3.8, 4) is 17.5 Å². The Balaban J connectivity index is 2.09. The summed E-state index contributed by atoms with van der Waals surface area (Å²) in [5.41, 5.74) is 2.27. The molecule has 0 atom stereocenters. The number of aromatic nitrogens is 5. The van der Waals surface area contributed by atoms with Gasteiger partial charge in [0, 0.05) is 18.0 Å². The quantitative estimate of drug-likeness (QED) is 0.699. The molecule has 128 valence electrons. The summed E-state index contributed by atoms with van der Waals surface area (Å²) in [5, 5.41) is 20.7. The van der Waals surface area contributed by atoms with Gasteiger partial charge in [-0.1, -0.05) is 48.7 Å². The molecule has 0 spiro atoms. The van der Waals surface area contributed by atoms with Gasteiger partial charge in [0.15, 0.2) is 16.5 Å². The second-order valence-electron chi connectivity index (χ2n) is 5.62. The van der Waals surface area contributed by atoms with Crippen molar-refractivity contribution in [3.05, 3.63) is 51.5 Å². The minimum Gasteiger partial charge on any atom is -0.321 e. The molecule has 0 amide bonds. The number of aryl methyl sites for hydroxylation is 1. The van der Waals surface area contributed by atoms with Gasteiger partial charge in [-0.3, -0.25) is 0 Å². The van der Waals surface area contributed by atoms with E-state index in [1.807, 2.05) is 34.9 Å². The van der Waals surface area contributed by atoms with E-state index in [0.717, 1.165) is 30.7 Å². The Labute approximate surface area is 155 Å². The molecular formula is C17H16Cl2N6. The summed E-state index contributed by atoms with van der Waals surface area (Å²) in [5.74, 6) is 0.865. The molecule has 1 N–H and O–H groups in total. The highest BCUT2D eigenvalue weighted by Crippen LogP contribution is 2.30. The summed E-state index contributed by atoms with van der Waals surface area (Å²) in [7, 11) is 0. The zero-order valence-corrected chi connectivity index (χ0v) is 15.1. The SMILES string of the molecule is CCCCc1nc(Cl)c(-c2n[nH]nc2C#N)n1Cc1ccc(Cl)cc1. The fourth-order valence-electron chi connectivity index (χ4n) is 2.63. The van der Waals surface area contributed by atoms with Crippen LogP contribution in [-0.2, 0) is 13.0 Å². The topological polar surface area (TPSA) is 83.2 Å². The van der Waals surface area contributed by atoms with Crippen LogP contribution in [0.3, 0.4) is 0 Å². The number of aromatic amines is 1. The van der Waals surface area contributed by atoms with Crippen LogP contribution in [0.1, 0.15) is 36.8 Å². The molecule has 25 heavy (non-hydrogen) atoms. The van der Waals surface area contributed by atoms with E-state index >= 15 is 0 Å². The highest BCUT2D eigenvalue weighted by atomic mass is 35.5. The molecule has 0 unspecified atom stereocenters. The molecule has 0 radical (unpaired) electrons. The van der Waals surface area contributed by atoms with Gasteiger partial charge in [-0.15, -0.1) is 5.10 Å². The lowest BCUT2D eigenvalue weighted by molar-refractivity contribution is 0.681. The van der Waals surface area contributed by atoms with E-state index in [1.54, 1.807) is 0 Å². The smallest absolute Gasteiger partial charge is 0.192 e. The zero-order valence-electron chi connectivity index (χ0n) is 13.6. The van der Waals surface area contributed by atoms with E-state index in [-0.39, 0.29) is 5.69 Å². The van der Waals surface area contributed by atoms with Crippen molar-refractivity contribution in [1.82, 2.24) is 25.0 Å². The van der Waals surface area contributed by atoms with Gasteiger partial charge >= 0.3 is 0 Å². The molecule has 3 rings (SSSR count). The Kier molecular flexibility index (Phi) is 5.37. The van der Waals surface area contributed by atoms with Gasteiger partial charge in [-0.25, -0.2) is 4.98 Å². The molecule has 1 aromatic carbocycles. The van der Waals surface area contributed by atoms with E-state index in [1.165, 1.54) is 0 Å². The van der Waals surface area contributed by atoms with Gasteiger partial charge in [0.2, 0.25) is 0 Å². The number of hydrogen-bond acceptors (Lipinski definition) is 4. The third-order valence-electron chi connectivity index (χ3n) is 3.89. The minimum atomic E-state index is 0.196. The van der Waals surface area contributed by atoms with E-state index in [9.17, 15) is 5.26 Å². The molecule has 2 heterocycles. The number of H-pyrrole nitrogens is 1. The van der Waals surface area contributed by atoms with Crippen molar-refractivity contribution in [2.45, 2.75) is 32.7 Å². The van der Waals surface area contributed by atoms with Crippen LogP contribution < -0.4 is 0 Å². The average Bonchev–Trinajstić information content (AvgIpc) is 3.19. The van der Waals surface area contributed by atoms with Crippen LogP contribution in [0.15, 0.2) is 24.3 Å². The van der Waals surface area contributed by atoms with E-state index < -0.39 is 0 Å². The number of nitriles is 1. The molecule has 6 nitrogen and oxygen atoms in total. The van der Waals surface area contributed by atoms with Crippen LogP contribution in [0.5, 0.6) is 0 Å². The van der Waals surface area contributed by atoms with Crippen molar-refractivity contribution in [2.75, 3.05) is 0 Å². The molecule has 0 fully saturated rings. The number of hydrogen-bond donors (Lipinski definition) is 1. The molecule has 0 aliphatic carbocycles. The van der Waals surface area contributed by atoms with Gasteiger partial charge in [0.25, 0.3) is 0 Å². The molecule has 0 aliphatic rings. The summed E-state index contributed by atoms with van der Waals surface area (Å²) < 4.78 is 2.00. The van der Waals surface area contributed by atoms with Crippen LogP contribution in [0.2, 0.25) is 10.2 Å². The first-order chi connectivity index (χ1) is 12.1. The standard InChI is InChI=1S/C17H16Cl2N6/c1-2-3-4-14-21-17(19)16(15-13(9-20)22-24-23-15)25(14)10-11-5-7-12(18)8-6-11/h5-8H,2-4,10H2,1H3,(H,22,23,24). The van der Waals surface area contributed by atoms with Crippen LogP contribution in [0.25, 0.3) is 11.4 Å².